The summed E-state index contributed by atoms with van der Waals surface area (Å²) in [6.07, 6.45) is 4.86. The molecule has 160 valence electrons. The highest BCUT2D eigenvalue weighted by molar-refractivity contribution is 7.99. The number of benzene rings is 1. The van der Waals surface area contributed by atoms with Crippen LogP contribution >= 0.6 is 35.0 Å². The second kappa shape index (κ2) is 8.02. The van der Waals surface area contributed by atoms with Gasteiger partial charge in [-0.2, -0.15) is 0 Å². The average molecular weight is 475 g/mol. The van der Waals surface area contributed by atoms with E-state index in [0.717, 1.165) is 24.1 Å². The summed E-state index contributed by atoms with van der Waals surface area (Å²) < 4.78 is 0. The van der Waals surface area contributed by atoms with Crippen LogP contribution in [0.25, 0.3) is 0 Å². The molecule has 10 heteroatoms. The normalized spacial score (nSPS) is 19.3. The number of H-pyrrole nitrogens is 1. The Balaban J connectivity index is 1.30. The van der Waals surface area contributed by atoms with Gasteiger partial charge in [-0.3, -0.25) is 4.79 Å². The van der Waals surface area contributed by atoms with Gasteiger partial charge < -0.3 is 20.9 Å². The van der Waals surface area contributed by atoms with E-state index >= 15 is 0 Å². The topological polar surface area (TPSA) is 99.9 Å². The number of piperidine rings is 1. The van der Waals surface area contributed by atoms with E-state index in [4.69, 9.17) is 28.9 Å². The molecule has 0 bridgehead atoms. The highest BCUT2D eigenvalue weighted by atomic mass is 35.5. The summed E-state index contributed by atoms with van der Waals surface area (Å²) in [4.78, 5) is 26.7. The Bertz CT molecular complexity index is 1190. The molecule has 1 saturated heterocycles. The molecule has 5 rings (SSSR count). The summed E-state index contributed by atoms with van der Waals surface area (Å²) in [6, 6.07) is 9.87. The summed E-state index contributed by atoms with van der Waals surface area (Å²) in [7, 11) is 0. The van der Waals surface area contributed by atoms with Gasteiger partial charge in [-0.25, -0.2) is 9.97 Å². The predicted octanol–water partition coefficient (Wildman–Crippen LogP) is 4.09. The summed E-state index contributed by atoms with van der Waals surface area (Å²) >= 11 is 13.4. The van der Waals surface area contributed by atoms with Crippen LogP contribution in [0.15, 0.2) is 57.4 Å². The van der Waals surface area contributed by atoms with Crippen molar-refractivity contribution in [2.75, 3.05) is 23.3 Å². The maximum Gasteiger partial charge on any atom is 0.291 e. The molecular formula is C21H20Cl2N6OS. The Kier molecular flexibility index (Phi) is 5.34. The first-order valence-corrected chi connectivity index (χ1v) is 11.5. The third kappa shape index (κ3) is 3.67. The largest absolute Gasteiger partial charge is 0.377 e. The van der Waals surface area contributed by atoms with Crippen LogP contribution in [-0.2, 0) is 0 Å². The highest BCUT2D eigenvalue weighted by Gasteiger charge is 2.46. The molecule has 0 saturated carbocycles. The molecule has 1 spiro atoms. The lowest BCUT2D eigenvalue weighted by molar-refractivity contribution is 0.322. The molecule has 7 nitrogen and oxygen atoms in total. The number of hydrogen-bond donors (Lipinski definition) is 3. The Morgan fingerprint density at radius 3 is 2.68 bits per heavy atom. The van der Waals surface area contributed by atoms with Gasteiger partial charge in [0.25, 0.3) is 5.56 Å². The fraction of sp³-hybridized carbons (Fsp3) is 0.286. The number of rotatable bonds is 3. The molecule has 4 heterocycles. The third-order valence-electron chi connectivity index (χ3n) is 6.01. The van der Waals surface area contributed by atoms with E-state index in [9.17, 15) is 4.79 Å². The monoisotopic (exact) mass is 474 g/mol. The zero-order valence-electron chi connectivity index (χ0n) is 16.4. The minimum absolute atomic E-state index is 0.0622. The maximum atomic E-state index is 12.8. The van der Waals surface area contributed by atoms with Crippen molar-refractivity contribution in [1.29, 1.82) is 0 Å². The molecule has 0 unspecified atom stereocenters. The first kappa shape index (κ1) is 20.6. The van der Waals surface area contributed by atoms with Crippen LogP contribution in [0.5, 0.6) is 0 Å². The Morgan fingerprint density at radius 1 is 1.16 bits per heavy atom. The van der Waals surface area contributed by atoms with Crippen molar-refractivity contribution >= 4 is 46.5 Å². The molecular weight excluding hydrogens is 455 g/mol. The highest BCUT2D eigenvalue weighted by Crippen LogP contribution is 2.45. The van der Waals surface area contributed by atoms with Crippen LogP contribution in [0.4, 0.5) is 11.5 Å². The lowest BCUT2D eigenvalue weighted by Crippen LogP contribution is -2.53. The number of nitrogens with zero attached hydrogens (tertiary/aromatic N) is 3. The SMILES string of the molecule is N[C@@H]1c2ccccc2NC12CCN(c1ncc(Sc3ccnc(Cl)c3Cl)[nH]c1=O)CC2. The molecule has 1 aromatic carbocycles. The number of halogens is 2. The van der Waals surface area contributed by atoms with Gasteiger partial charge in [0.05, 0.1) is 27.8 Å². The first-order chi connectivity index (χ1) is 15.0. The molecule has 0 aliphatic carbocycles. The lowest BCUT2D eigenvalue weighted by Gasteiger charge is -2.42. The predicted molar refractivity (Wildman–Crippen MR) is 124 cm³/mol. The number of anilines is 2. The van der Waals surface area contributed by atoms with Crippen molar-refractivity contribution in [3.8, 4) is 0 Å². The first-order valence-electron chi connectivity index (χ1n) is 9.92. The van der Waals surface area contributed by atoms with E-state index in [2.05, 4.69) is 32.4 Å². The minimum atomic E-state index is -0.232. The third-order valence-corrected chi connectivity index (χ3v) is 7.87. The van der Waals surface area contributed by atoms with Crippen LogP contribution in [0.1, 0.15) is 24.4 Å². The summed E-state index contributed by atoms with van der Waals surface area (Å²) in [6.45, 7) is 1.39. The standard InChI is InChI=1S/C21H20Cl2N6OS/c22-16-14(5-8-25-18(16)23)31-15-11-26-19(20(30)27-15)29-9-6-21(7-10-29)17(24)12-3-1-2-4-13(12)28-21/h1-5,8,11,17,28H,6-7,9-10,24H2,(H,27,30)/t17-/m1/s1. The number of pyridine rings is 1. The van der Waals surface area contributed by atoms with Crippen molar-refractivity contribution in [2.24, 2.45) is 5.73 Å². The van der Waals surface area contributed by atoms with Crippen LogP contribution < -0.4 is 21.5 Å². The summed E-state index contributed by atoms with van der Waals surface area (Å²) in [5.41, 5.74) is 8.44. The van der Waals surface area contributed by atoms with Crippen LogP contribution in [0.3, 0.4) is 0 Å². The Labute approximate surface area is 193 Å². The van der Waals surface area contributed by atoms with E-state index in [0.29, 0.717) is 33.9 Å². The fourth-order valence-corrected chi connectivity index (χ4v) is 5.58. The molecule has 1 fully saturated rings. The molecule has 4 N–H and O–H groups in total. The molecule has 0 radical (unpaired) electrons. The number of nitrogens with one attached hydrogen (secondary N) is 2. The lowest BCUT2D eigenvalue weighted by atomic mass is 9.81. The van der Waals surface area contributed by atoms with Gasteiger partial charge in [0, 0.05) is 29.9 Å². The van der Waals surface area contributed by atoms with E-state index in [1.165, 1.54) is 11.8 Å². The van der Waals surface area contributed by atoms with E-state index in [1.54, 1.807) is 18.5 Å². The van der Waals surface area contributed by atoms with Gasteiger partial charge >= 0.3 is 0 Å². The zero-order chi connectivity index (χ0) is 21.6. The van der Waals surface area contributed by atoms with Crippen molar-refractivity contribution in [2.45, 2.75) is 34.3 Å². The Hall–Kier alpha value is -2.26. The van der Waals surface area contributed by atoms with Crippen molar-refractivity contribution in [1.82, 2.24) is 15.0 Å². The second-order valence-electron chi connectivity index (χ2n) is 7.75. The molecule has 2 aromatic heterocycles. The fourth-order valence-electron chi connectivity index (χ4n) is 4.33. The molecule has 31 heavy (non-hydrogen) atoms. The maximum absolute atomic E-state index is 12.8. The number of nitrogens with two attached hydrogens (primary N) is 1. The number of fused-ring (bicyclic) bond motifs is 1. The van der Waals surface area contributed by atoms with Crippen molar-refractivity contribution in [3.63, 3.8) is 0 Å². The molecule has 1 atom stereocenters. The second-order valence-corrected chi connectivity index (χ2v) is 9.57. The molecule has 2 aliphatic rings. The number of aromatic nitrogens is 3. The van der Waals surface area contributed by atoms with Gasteiger partial charge in [0.1, 0.15) is 5.15 Å². The Morgan fingerprint density at radius 2 is 1.94 bits per heavy atom. The number of aromatic amines is 1. The van der Waals surface area contributed by atoms with E-state index in [-0.39, 0.29) is 22.3 Å². The molecule has 2 aliphatic heterocycles. The number of para-hydroxylation sites is 1. The average Bonchev–Trinajstić information content (AvgIpc) is 3.04. The summed E-state index contributed by atoms with van der Waals surface area (Å²) in [5, 5.41) is 4.80. The van der Waals surface area contributed by atoms with Crippen LogP contribution in [0.2, 0.25) is 10.2 Å². The van der Waals surface area contributed by atoms with E-state index in [1.807, 2.05) is 17.0 Å². The van der Waals surface area contributed by atoms with Gasteiger partial charge in [-0.15, -0.1) is 0 Å². The quantitative estimate of drug-likeness (QED) is 0.491. The van der Waals surface area contributed by atoms with Crippen LogP contribution in [-0.4, -0.2) is 33.6 Å². The zero-order valence-corrected chi connectivity index (χ0v) is 18.8. The summed E-state index contributed by atoms with van der Waals surface area (Å²) in [5.74, 6) is 0.419. The van der Waals surface area contributed by atoms with E-state index < -0.39 is 0 Å². The van der Waals surface area contributed by atoms with Crippen LogP contribution in [0, 0.1) is 0 Å². The van der Waals surface area contributed by atoms with Gasteiger partial charge in [-0.05, 0) is 30.5 Å². The van der Waals surface area contributed by atoms with Gasteiger partial charge in [-0.1, -0.05) is 53.2 Å². The van der Waals surface area contributed by atoms with Crippen molar-refractivity contribution < 1.29 is 0 Å². The smallest absolute Gasteiger partial charge is 0.291 e. The number of hydrogen-bond acceptors (Lipinski definition) is 7. The van der Waals surface area contributed by atoms with Gasteiger partial charge in [0.15, 0.2) is 5.82 Å². The molecule has 0 amide bonds. The molecule has 3 aromatic rings. The van der Waals surface area contributed by atoms with Gasteiger partial charge in [0.2, 0.25) is 0 Å². The van der Waals surface area contributed by atoms with Crippen molar-refractivity contribution in [3.05, 3.63) is 68.8 Å². The minimum Gasteiger partial charge on any atom is -0.377 e.